The van der Waals surface area contributed by atoms with Crippen molar-refractivity contribution in [2.24, 2.45) is 5.92 Å². The lowest BCUT2D eigenvalue weighted by atomic mass is 10.2. The fourth-order valence-electron chi connectivity index (χ4n) is 1.30. The number of aromatic nitrogens is 3. The van der Waals surface area contributed by atoms with Gasteiger partial charge in [0.2, 0.25) is 5.91 Å². The number of hydrogen-bond acceptors (Lipinski definition) is 4. The van der Waals surface area contributed by atoms with E-state index in [4.69, 9.17) is 0 Å². The molecule has 2 N–H and O–H groups in total. The molecule has 0 bridgehead atoms. The molecule has 96 valence electrons. The Morgan fingerprint density at radius 3 is 2.76 bits per heavy atom. The van der Waals surface area contributed by atoms with Crippen molar-refractivity contribution in [1.29, 1.82) is 0 Å². The van der Waals surface area contributed by atoms with Crippen LogP contribution in [0.4, 0.5) is 0 Å². The molecular weight excluding hydrogens is 218 g/mol. The standard InChI is InChI=1S/C11H21N5O/c1-9(2)8-13-11(17)10(3)12-4-6-16-7-5-14-15-16/h5,7,9-10,12H,4,6,8H2,1-3H3,(H,13,17). The summed E-state index contributed by atoms with van der Waals surface area (Å²) < 4.78 is 1.73. The van der Waals surface area contributed by atoms with E-state index in [-0.39, 0.29) is 11.9 Å². The molecule has 1 amide bonds. The van der Waals surface area contributed by atoms with Crippen LogP contribution in [0.25, 0.3) is 0 Å². The SMILES string of the molecule is CC(C)CNC(=O)C(C)NCCn1ccnn1. The van der Waals surface area contributed by atoms with E-state index in [1.165, 1.54) is 0 Å². The van der Waals surface area contributed by atoms with Crippen LogP contribution in [0, 0.1) is 5.92 Å². The maximum absolute atomic E-state index is 11.6. The Morgan fingerprint density at radius 1 is 1.41 bits per heavy atom. The number of hydrogen-bond donors (Lipinski definition) is 2. The quantitative estimate of drug-likeness (QED) is 0.704. The Balaban J connectivity index is 2.15. The van der Waals surface area contributed by atoms with Crippen LogP contribution in [0.5, 0.6) is 0 Å². The summed E-state index contributed by atoms with van der Waals surface area (Å²) in [6.45, 7) is 8.12. The van der Waals surface area contributed by atoms with Crippen molar-refractivity contribution in [3.05, 3.63) is 12.4 Å². The zero-order valence-electron chi connectivity index (χ0n) is 10.7. The maximum Gasteiger partial charge on any atom is 0.236 e. The largest absolute Gasteiger partial charge is 0.354 e. The number of nitrogens with zero attached hydrogens (tertiary/aromatic N) is 3. The predicted octanol–water partition coefficient (Wildman–Crippen LogP) is 0.0284. The second kappa shape index (κ2) is 7.01. The highest BCUT2D eigenvalue weighted by molar-refractivity contribution is 5.81. The lowest BCUT2D eigenvalue weighted by Crippen LogP contribution is -2.44. The first-order chi connectivity index (χ1) is 8.09. The maximum atomic E-state index is 11.6. The summed E-state index contributed by atoms with van der Waals surface area (Å²) in [5.41, 5.74) is 0. The van der Waals surface area contributed by atoms with Crippen molar-refractivity contribution in [2.45, 2.75) is 33.4 Å². The lowest BCUT2D eigenvalue weighted by Gasteiger charge is -2.14. The molecule has 6 nitrogen and oxygen atoms in total. The summed E-state index contributed by atoms with van der Waals surface area (Å²) in [7, 11) is 0. The molecule has 0 spiro atoms. The van der Waals surface area contributed by atoms with Crippen LogP contribution in [0.15, 0.2) is 12.4 Å². The van der Waals surface area contributed by atoms with E-state index in [2.05, 4.69) is 34.8 Å². The van der Waals surface area contributed by atoms with Gasteiger partial charge in [0.15, 0.2) is 0 Å². The van der Waals surface area contributed by atoms with Crippen LogP contribution in [0.2, 0.25) is 0 Å². The number of rotatable bonds is 7. The molecule has 1 rings (SSSR count). The molecule has 1 heterocycles. The van der Waals surface area contributed by atoms with Gasteiger partial charge >= 0.3 is 0 Å². The van der Waals surface area contributed by atoms with Crippen LogP contribution in [-0.2, 0) is 11.3 Å². The van der Waals surface area contributed by atoms with Gasteiger partial charge in [0.25, 0.3) is 0 Å². The fourth-order valence-corrected chi connectivity index (χ4v) is 1.30. The van der Waals surface area contributed by atoms with Gasteiger partial charge < -0.3 is 10.6 Å². The summed E-state index contributed by atoms with van der Waals surface area (Å²) in [5, 5.41) is 13.6. The number of carbonyl (C=O) groups is 1. The summed E-state index contributed by atoms with van der Waals surface area (Å²) in [4.78, 5) is 11.6. The molecule has 0 radical (unpaired) electrons. The van der Waals surface area contributed by atoms with E-state index in [9.17, 15) is 4.79 Å². The molecular formula is C11H21N5O. The lowest BCUT2D eigenvalue weighted by molar-refractivity contribution is -0.122. The van der Waals surface area contributed by atoms with Gasteiger partial charge in [-0.15, -0.1) is 5.10 Å². The topological polar surface area (TPSA) is 71.8 Å². The number of nitrogens with one attached hydrogen (secondary N) is 2. The molecule has 6 heteroatoms. The van der Waals surface area contributed by atoms with Crippen molar-refractivity contribution >= 4 is 5.91 Å². The minimum absolute atomic E-state index is 0.0392. The molecule has 1 aromatic heterocycles. The van der Waals surface area contributed by atoms with Crippen molar-refractivity contribution in [2.75, 3.05) is 13.1 Å². The highest BCUT2D eigenvalue weighted by Gasteiger charge is 2.11. The summed E-state index contributed by atoms with van der Waals surface area (Å²) in [6.07, 6.45) is 3.43. The fraction of sp³-hybridized carbons (Fsp3) is 0.727. The zero-order valence-corrected chi connectivity index (χ0v) is 10.7. The second-order valence-electron chi connectivity index (χ2n) is 4.48. The van der Waals surface area contributed by atoms with Crippen molar-refractivity contribution in [3.63, 3.8) is 0 Å². The molecule has 1 aromatic rings. The van der Waals surface area contributed by atoms with Gasteiger partial charge in [0, 0.05) is 19.3 Å². The highest BCUT2D eigenvalue weighted by Crippen LogP contribution is 1.89. The van der Waals surface area contributed by atoms with Gasteiger partial charge in [-0.2, -0.15) is 0 Å². The Hall–Kier alpha value is -1.43. The van der Waals surface area contributed by atoms with Gasteiger partial charge in [0.1, 0.15) is 0 Å². The average molecular weight is 239 g/mol. The Kier molecular flexibility index (Phi) is 5.62. The van der Waals surface area contributed by atoms with Crippen LogP contribution in [-0.4, -0.2) is 40.0 Å². The molecule has 17 heavy (non-hydrogen) atoms. The van der Waals surface area contributed by atoms with Crippen molar-refractivity contribution in [3.8, 4) is 0 Å². The van der Waals surface area contributed by atoms with E-state index < -0.39 is 0 Å². The molecule has 0 aliphatic carbocycles. The van der Waals surface area contributed by atoms with E-state index >= 15 is 0 Å². The van der Waals surface area contributed by atoms with Gasteiger partial charge in [-0.05, 0) is 12.8 Å². The average Bonchev–Trinajstić information content (AvgIpc) is 2.78. The Morgan fingerprint density at radius 2 is 2.18 bits per heavy atom. The summed E-state index contributed by atoms with van der Waals surface area (Å²) >= 11 is 0. The third-order valence-corrected chi connectivity index (χ3v) is 2.34. The van der Waals surface area contributed by atoms with Gasteiger partial charge in [0.05, 0.1) is 18.8 Å². The van der Waals surface area contributed by atoms with Crippen molar-refractivity contribution < 1.29 is 4.79 Å². The highest BCUT2D eigenvalue weighted by atomic mass is 16.2. The first-order valence-electron chi connectivity index (χ1n) is 5.94. The number of amides is 1. The van der Waals surface area contributed by atoms with E-state index in [0.29, 0.717) is 25.6 Å². The van der Waals surface area contributed by atoms with E-state index in [1.54, 1.807) is 17.1 Å². The van der Waals surface area contributed by atoms with Gasteiger partial charge in [-0.25, -0.2) is 0 Å². The van der Waals surface area contributed by atoms with Crippen molar-refractivity contribution in [1.82, 2.24) is 25.6 Å². The van der Waals surface area contributed by atoms with Crippen LogP contribution < -0.4 is 10.6 Å². The van der Waals surface area contributed by atoms with E-state index in [1.807, 2.05) is 6.92 Å². The van der Waals surface area contributed by atoms with Crippen LogP contribution >= 0.6 is 0 Å². The molecule has 1 atom stereocenters. The molecule has 0 aliphatic rings. The molecule has 0 fully saturated rings. The normalized spacial score (nSPS) is 12.7. The van der Waals surface area contributed by atoms with E-state index in [0.717, 1.165) is 0 Å². The summed E-state index contributed by atoms with van der Waals surface area (Å²) in [6, 6.07) is -0.183. The first kappa shape index (κ1) is 13.6. The minimum Gasteiger partial charge on any atom is -0.354 e. The number of carbonyl (C=O) groups excluding carboxylic acids is 1. The smallest absolute Gasteiger partial charge is 0.236 e. The van der Waals surface area contributed by atoms with Gasteiger partial charge in [-0.3, -0.25) is 9.48 Å². The predicted molar refractivity (Wildman–Crippen MR) is 65.3 cm³/mol. The molecule has 0 saturated heterocycles. The third kappa shape index (κ3) is 5.44. The summed E-state index contributed by atoms with van der Waals surface area (Å²) in [5.74, 6) is 0.513. The van der Waals surface area contributed by atoms with Crippen LogP contribution in [0.1, 0.15) is 20.8 Å². The first-order valence-corrected chi connectivity index (χ1v) is 5.94. The zero-order chi connectivity index (χ0) is 12.7. The second-order valence-corrected chi connectivity index (χ2v) is 4.48. The molecule has 0 aliphatic heterocycles. The molecule has 0 aromatic carbocycles. The Bertz CT molecular complexity index is 323. The van der Waals surface area contributed by atoms with Gasteiger partial charge in [-0.1, -0.05) is 19.1 Å². The Labute approximate surface area is 102 Å². The van der Waals surface area contributed by atoms with Crippen LogP contribution in [0.3, 0.4) is 0 Å². The minimum atomic E-state index is -0.183. The monoisotopic (exact) mass is 239 g/mol. The molecule has 0 saturated carbocycles. The molecule has 1 unspecified atom stereocenters. The third-order valence-electron chi connectivity index (χ3n) is 2.34.